The van der Waals surface area contributed by atoms with Crippen molar-refractivity contribution < 1.29 is 9.90 Å². The lowest BCUT2D eigenvalue weighted by Gasteiger charge is -2.32. The Hall–Kier alpha value is -2.64. The molecule has 1 saturated carbocycles. The molecule has 2 N–H and O–H groups in total. The summed E-state index contributed by atoms with van der Waals surface area (Å²) in [5, 5.41) is 17.2. The van der Waals surface area contributed by atoms with E-state index in [1.165, 1.54) is 6.20 Å². The molecule has 2 aromatic heterocycles. The number of benzene rings is 1. The Labute approximate surface area is 161 Å². The number of aliphatic hydroxyl groups is 1. The molecule has 0 spiro atoms. The average molecular weight is 386 g/mol. The number of aliphatic hydroxyl groups excluding tert-OH is 1. The smallest absolute Gasteiger partial charge is 0.257 e. The minimum atomic E-state index is -0.486. The lowest BCUT2D eigenvalue weighted by Crippen LogP contribution is -2.50. The van der Waals surface area contributed by atoms with Crippen LogP contribution in [0.4, 0.5) is 5.82 Å². The lowest BCUT2D eigenvalue weighted by atomic mass is 9.89. The molecule has 8 heteroatoms. The molecule has 7 nitrogen and oxygen atoms in total. The predicted molar refractivity (Wildman–Crippen MR) is 103 cm³/mol. The molecule has 3 aromatic rings. The summed E-state index contributed by atoms with van der Waals surface area (Å²) >= 11 is 6.22. The molecule has 1 aromatic carbocycles. The number of anilines is 1. The summed E-state index contributed by atoms with van der Waals surface area (Å²) in [6.07, 6.45) is 2.47. The van der Waals surface area contributed by atoms with Crippen molar-refractivity contribution >= 4 is 29.0 Å². The summed E-state index contributed by atoms with van der Waals surface area (Å²) in [5.74, 6) is 0.428. The minimum Gasteiger partial charge on any atom is -0.391 e. The maximum atomic E-state index is 12.6. The van der Waals surface area contributed by atoms with Crippen LogP contribution in [0.15, 0.2) is 42.6 Å². The molecule has 1 amide bonds. The number of rotatable bonds is 5. The quantitative estimate of drug-likeness (QED) is 0.658. The number of nitrogens with one attached hydrogen (secondary N) is 1. The fourth-order valence-corrected chi connectivity index (χ4v) is 3.36. The summed E-state index contributed by atoms with van der Waals surface area (Å²) < 4.78 is 1.61. The van der Waals surface area contributed by atoms with Crippen molar-refractivity contribution in [2.75, 3.05) is 11.9 Å². The first kappa shape index (κ1) is 17.8. The maximum Gasteiger partial charge on any atom is 0.257 e. The van der Waals surface area contributed by atoms with Crippen LogP contribution in [0.5, 0.6) is 0 Å². The van der Waals surface area contributed by atoms with Crippen molar-refractivity contribution in [3.8, 4) is 0 Å². The van der Waals surface area contributed by atoms with Crippen LogP contribution in [-0.4, -0.2) is 44.8 Å². The van der Waals surface area contributed by atoms with Crippen molar-refractivity contribution in [1.29, 1.82) is 0 Å². The van der Waals surface area contributed by atoms with Crippen molar-refractivity contribution in [2.45, 2.75) is 31.5 Å². The fraction of sp³-hybridized carbons (Fsp3) is 0.316. The maximum absolute atomic E-state index is 12.6. The number of hydrogen-bond acceptors (Lipinski definition) is 5. The van der Waals surface area contributed by atoms with Crippen LogP contribution in [0.25, 0.3) is 5.65 Å². The van der Waals surface area contributed by atoms with Gasteiger partial charge >= 0.3 is 0 Å². The van der Waals surface area contributed by atoms with Crippen LogP contribution in [0.2, 0.25) is 5.15 Å². The third-order valence-corrected chi connectivity index (χ3v) is 5.07. The first-order valence-electron chi connectivity index (χ1n) is 8.81. The third kappa shape index (κ3) is 3.48. The van der Waals surface area contributed by atoms with Gasteiger partial charge < -0.3 is 15.3 Å². The van der Waals surface area contributed by atoms with Crippen LogP contribution in [-0.2, 0) is 6.54 Å². The zero-order valence-electron chi connectivity index (χ0n) is 14.8. The lowest BCUT2D eigenvalue weighted by molar-refractivity contribution is 0.0448. The topological polar surface area (TPSA) is 82.8 Å². The van der Waals surface area contributed by atoms with E-state index in [2.05, 4.69) is 15.4 Å². The van der Waals surface area contributed by atoms with E-state index in [1.807, 2.05) is 42.3 Å². The van der Waals surface area contributed by atoms with Crippen LogP contribution < -0.4 is 10.2 Å². The molecule has 0 aliphatic heterocycles. The Morgan fingerprint density at radius 2 is 2.15 bits per heavy atom. The highest BCUT2D eigenvalue weighted by molar-refractivity contribution is 6.29. The van der Waals surface area contributed by atoms with Crippen molar-refractivity contribution in [3.63, 3.8) is 0 Å². The van der Waals surface area contributed by atoms with E-state index in [0.717, 1.165) is 17.8 Å². The van der Waals surface area contributed by atoms with Gasteiger partial charge in [0, 0.05) is 19.7 Å². The Balaban J connectivity index is 1.64. The number of carbonyl (C=O) groups excluding carboxylic acids is 1. The van der Waals surface area contributed by atoms with Gasteiger partial charge in [-0.2, -0.15) is 9.61 Å². The van der Waals surface area contributed by atoms with Crippen molar-refractivity contribution in [3.05, 3.63) is 58.9 Å². The van der Waals surface area contributed by atoms with E-state index in [1.54, 1.807) is 10.6 Å². The Morgan fingerprint density at radius 3 is 2.81 bits per heavy atom. The van der Waals surface area contributed by atoms with Crippen LogP contribution in [0.3, 0.4) is 0 Å². The molecular formula is C19H20ClN5O2. The van der Waals surface area contributed by atoms with Crippen LogP contribution in [0.1, 0.15) is 28.8 Å². The highest BCUT2D eigenvalue weighted by atomic mass is 35.5. The van der Waals surface area contributed by atoms with E-state index >= 15 is 0 Å². The zero-order valence-corrected chi connectivity index (χ0v) is 15.6. The van der Waals surface area contributed by atoms with Crippen LogP contribution >= 0.6 is 11.6 Å². The van der Waals surface area contributed by atoms with Gasteiger partial charge in [0.2, 0.25) is 0 Å². The van der Waals surface area contributed by atoms with Gasteiger partial charge in [0.15, 0.2) is 5.65 Å². The van der Waals surface area contributed by atoms with Gasteiger partial charge in [-0.05, 0) is 18.4 Å². The van der Waals surface area contributed by atoms with E-state index < -0.39 is 6.10 Å². The van der Waals surface area contributed by atoms with Crippen molar-refractivity contribution in [1.82, 2.24) is 19.9 Å². The van der Waals surface area contributed by atoms with Gasteiger partial charge in [0.25, 0.3) is 5.91 Å². The second-order valence-electron chi connectivity index (χ2n) is 6.80. The molecule has 0 bridgehead atoms. The van der Waals surface area contributed by atoms with Gasteiger partial charge in [-0.25, -0.2) is 4.98 Å². The molecule has 1 fully saturated rings. The summed E-state index contributed by atoms with van der Waals surface area (Å²) in [7, 11) is 1.93. The molecule has 0 radical (unpaired) electrons. The fourth-order valence-electron chi connectivity index (χ4n) is 3.19. The molecule has 27 heavy (non-hydrogen) atoms. The third-order valence-electron chi connectivity index (χ3n) is 4.87. The summed E-state index contributed by atoms with van der Waals surface area (Å²) in [5.41, 5.74) is 1.87. The molecule has 2 atom stereocenters. The number of halogens is 1. The van der Waals surface area contributed by atoms with E-state index in [-0.39, 0.29) is 17.1 Å². The number of hydrogen-bond donors (Lipinski definition) is 2. The summed E-state index contributed by atoms with van der Waals surface area (Å²) in [4.78, 5) is 18.9. The van der Waals surface area contributed by atoms with Crippen molar-refractivity contribution in [2.24, 2.45) is 0 Å². The van der Waals surface area contributed by atoms with Gasteiger partial charge in [-0.15, -0.1) is 0 Å². The standard InChI is InChI=1S/C19H20ClN5O2/c1-24(11-12-5-3-2-4-6-12)17-9-16(20)23-18-13(10-21-25(17)18)19(27)22-14-7-8-15(14)26/h2-6,9-10,14-15,26H,7-8,11H2,1H3,(H,22,27)/t14?,15-/m1/s1. The van der Waals surface area contributed by atoms with Crippen LogP contribution in [0, 0.1) is 0 Å². The number of fused-ring (bicyclic) bond motifs is 1. The normalized spacial score (nSPS) is 18.9. The number of nitrogens with zero attached hydrogens (tertiary/aromatic N) is 4. The first-order chi connectivity index (χ1) is 13.0. The van der Waals surface area contributed by atoms with E-state index in [9.17, 15) is 9.90 Å². The second-order valence-corrected chi connectivity index (χ2v) is 7.18. The molecular weight excluding hydrogens is 366 g/mol. The summed E-state index contributed by atoms with van der Waals surface area (Å²) in [6, 6.07) is 11.6. The second kappa shape index (κ2) is 7.17. The number of aromatic nitrogens is 3. The number of carbonyl (C=O) groups is 1. The van der Waals surface area contributed by atoms with Gasteiger partial charge in [0.1, 0.15) is 16.5 Å². The highest BCUT2D eigenvalue weighted by Crippen LogP contribution is 2.24. The average Bonchev–Trinajstić information content (AvgIpc) is 3.08. The van der Waals surface area contributed by atoms with Gasteiger partial charge in [0.05, 0.1) is 18.3 Å². The highest BCUT2D eigenvalue weighted by Gasteiger charge is 2.31. The minimum absolute atomic E-state index is 0.216. The zero-order chi connectivity index (χ0) is 19.0. The predicted octanol–water partition coefficient (Wildman–Crippen LogP) is 2.27. The van der Waals surface area contributed by atoms with E-state index in [4.69, 9.17) is 11.6 Å². The van der Waals surface area contributed by atoms with E-state index in [0.29, 0.717) is 24.2 Å². The molecule has 4 rings (SSSR count). The Morgan fingerprint density at radius 1 is 1.37 bits per heavy atom. The molecule has 2 heterocycles. The molecule has 1 aliphatic rings. The Bertz CT molecular complexity index is 975. The SMILES string of the molecule is CN(Cc1ccccc1)c1cc(Cl)nc2c(C(=O)NC3CC[C@H]3O)cnn12. The first-order valence-corrected chi connectivity index (χ1v) is 9.19. The Kier molecular flexibility index (Phi) is 4.72. The molecule has 1 aliphatic carbocycles. The summed E-state index contributed by atoms with van der Waals surface area (Å²) in [6.45, 7) is 0.659. The molecule has 140 valence electrons. The largest absolute Gasteiger partial charge is 0.391 e. The number of amides is 1. The molecule has 1 unspecified atom stereocenters. The van der Waals surface area contributed by atoms with Gasteiger partial charge in [-0.1, -0.05) is 41.9 Å². The monoisotopic (exact) mass is 385 g/mol. The van der Waals surface area contributed by atoms with Gasteiger partial charge in [-0.3, -0.25) is 4.79 Å². The molecule has 0 saturated heterocycles.